The number of rotatable bonds is 6. The smallest absolute Gasteiger partial charge is 0.410 e. The molecule has 4 saturated heterocycles. The molecule has 0 radical (unpaired) electrons. The van der Waals surface area contributed by atoms with Crippen LogP contribution in [0.1, 0.15) is 57.9 Å². The third-order valence-electron chi connectivity index (χ3n) is 12.0. The Morgan fingerprint density at radius 1 is 1.13 bits per heavy atom. The van der Waals surface area contributed by atoms with Crippen LogP contribution in [0.2, 0.25) is 0 Å². The molecule has 14 heteroatoms. The Morgan fingerprint density at radius 2 is 1.89 bits per heavy atom. The number of benzene rings is 2. The molecule has 5 fully saturated rings. The van der Waals surface area contributed by atoms with Gasteiger partial charge < -0.3 is 19.5 Å². The van der Waals surface area contributed by atoms with Crippen LogP contribution in [-0.4, -0.2) is 98.4 Å². The Labute approximate surface area is 303 Å². The lowest BCUT2D eigenvalue weighted by Gasteiger charge is -2.41. The number of piperazine rings is 1. The molecular formula is C39H38F4N6O4. The third-order valence-corrected chi connectivity index (χ3v) is 12.0. The van der Waals surface area contributed by atoms with Crippen LogP contribution < -0.4 is 9.64 Å². The number of hydrogen-bond donors (Lipinski definition) is 1. The van der Waals surface area contributed by atoms with E-state index in [4.69, 9.17) is 20.9 Å². The van der Waals surface area contributed by atoms with E-state index in [0.29, 0.717) is 50.2 Å². The molecule has 9 rings (SSSR count). The van der Waals surface area contributed by atoms with Gasteiger partial charge in [-0.25, -0.2) is 22.4 Å². The summed E-state index contributed by atoms with van der Waals surface area (Å²) in [4.78, 5) is 32.8. The van der Waals surface area contributed by atoms with Crippen LogP contribution in [0, 0.1) is 29.4 Å². The summed E-state index contributed by atoms with van der Waals surface area (Å²) >= 11 is 0. The summed E-state index contributed by atoms with van der Waals surface area (Å²) < 4.78 is 73.0. The Hall–Kier alpha value is -4.90. The van der Waals surface area contributed by atoms with Gasteiger partial charge in [-0.2, -0.15) is 9.97 Å². The summed E-state index contributed by atoms with van der Waals surface area (Å²) in [7, 11) is 0. The second-order valence-corrected chi connectivity index (χ2v) is 15.7. The lowest BCUT2D eigenvalue weighted by atomic mass is 9.89. The molecule has 4 aliphatic heterocycles. The fourth-order valence-electron chi connectivity index (χ4n) is 9.55. The number of phenolic OH excluding ortho intramolecular Hbond substituents is 1. The van der Waals surface area contributed by atoms with Crippen molar-refractivity contribution in [1.29, 1.82) is 0 Å². The highest BCUT2D eigenvalue weighted by Gasteiger charge is 2.77. The van der Waals surface area contributed by atoms with E-state index in [9.17, 15) is 23.1 Å². The van der Waals surface area contributed by atoms with E-state index in [1.807, 2.05) is 4.90 Å². The first-order valence-corrected chi connectivity index (χ1v) is 18.1. The Balaban J connectivity index is 1.14. The van der Waals surface area contributed by atoms with E-state index < -0.39 is 28.5 Å². The van der Waals surface area contributed by atoms with Crippen molar-refractivity contribution in [3.8, 4) is 35.4 Å². The molecule has 1 aliphatic carbocycles. The zero-order valence-electron chi connectivity index (χ0n) is 29.3. The Kier molecular flexibility index (Phi) is 7.55. The molecule has 2 bridgehead atoms. The maximum Gasteiger partial charge on any atom is 0.410 e. The molecular weight excluding hydrogens is 692 g/mol. The van der Waals surface area contributed by atoms with E-state index in [2.05, 4.69) is 20.8 Å². The summed E-state index contributed by atoms with van der Waals surface area (Å²) in [6, 6.07) is 4.84. The minimum absolute atomic E-state index is 0.0530. The van der Waals surface area contributed by atoms with Crippen molar-refractivity contribution in [3.63, 3.8) is 0 Å². The van der Waals surface area contributed by atoms with Crippen molar-refractivity contribution < 1.29 is 36.9 Å². The molecule has 6 heterocycles. The van der Waals surface area contributed by atoms with E-state index in [0.717, 1.165) is 19.3 Å². The van der Waals surface area contributed by atoms with Gasteiger partial charge >= 0.3 is 12.1 Å². The summed E-state index contributed by atoms with van der Waals surface area (Å²) in [5.74, 6) is -1.75. The number of nitrogens with zero attached hydrogens (tertiary/aromatic N) is 6. The largest absolute Gasteiger partial charge is 0.508 e. The van der Waals surface area contributed by atoms with Crippen molar-refractivity contribution >= 4 is 33.6 Å². The van der Waals surface area contributed by atoms with E-state index >= 15 is 4.39 Å². The topological polar surface area (TPSA) is 104 Å². The number of amides is 1. The Morgan fingerprint density at radius 3 is 2.58 bits per heavy atom. The Bertz CT molecular complexity index is 2230. The highest BCUT2D eigenvalue weighted by atomic mass is 19.3. The zero-order chi connectivity index (χ0) is 37.0. The van der Waals surface area contributed by atoms with Crippen LogP contribution in [0.4, 0.5) is 28.2 Å². The maximum atomic E-state index is 17.1. The average molecular weight is 731 g/mol. The number of phenols is 1. The number of halogens is 4. The number of pyridine rings is 1. The van der Waals surface area contributed by atoms with E-state index in [1.165, 1.54) is 30.5 Å². The monoisotopic (exact) mass is 730 g/mol. The van der Waals surface area contributed by atoms with Crippen LogP contribution in [0.5, 0.6) is 11.8 Å². The van der Waals surface area contributed by atoms with Crippen molar-refractivity contribution in [2.24, 2.45) is 5.41 Å². The predicted octanol–water partition coefficient (Wildman–Crippen LogP) is 6.65. The van der Waals surface area contributed by atoms with Gasteiger partial charge in [0, 0.05) is 43.2 Å². The lowest BCUT2D eigenvalue weighted by molar-refractivity contribution is 0.0570. The quantitative estimate of drug-likeness (QED) is 0.173. The number of carbonyl (C=O) groups is 1. The summed E-state index contributed by atoms with van der Waals surface area (Å²) in [6.07, 6.45) is 9.69. The maximum absolute atomic E-state index is 17.1. The molecule has 53 heavy (non-hydrogen) atoms. The number of ether oxygens (including phenoxy) is 2. The molecule has 1 N–H and O–H groups in total. The van der Waals surface area contributed by atoms with Crippen LogP contribution in [0.3, 0.4) is 0 Å². The molecule has 2 aromatic carbocycles. The molecule has 276 valence electrons. The number of carbonyl (C=O) groups excluding carboxylic acids is 1. The first-order valence-electron chi connectivity index (χ1n) is 18.1. The van der Waals surface area contributed by atoms with E-state index in [1.54, 1.807) is 18.7 Å². The minimum atomic E-state index is -2.70. The molecule has 4 atom stereocenters. The molecule has 1 spiro atoms. The molecule has 1 amide bonds. The number of terminal acetylenes is 1. The fourth-order valence-corrected chi connectivity index (χ4v) is 9.55. The number of aromatic hydroxyl groups is 1. The van der Waals surface area contributed by atoms with Crippen LogP contribution in [0.25, 0.3) is 32.9 Å². The highest BCUT2D eigenvalue weighted by molar-refractivity contribution is 6.03. The SMILES string of the molecule is C#Cc1c(F)ccc2cc(O)cc(-c3ncc4c(N5CC6CCC(C5)N6C(=O)OC(C)C)nc(OC[C@@]56CCCN5C[C@@]5(CC5(F)F)C6)nc4c3F)c12. The normalized spacial score (nSPS) is 27.2. The van der Waals surface area contributed by atoms with Gasteiger partial charge in [-0.3, -0.25) is 14.8 Å². The molecule has 1 saturated carbocycles. The second kappa shape index (κ2) is 11.8. The molecule has 5 aliphatic rings. The lowest BCUT2D eigenvalue weighted by Crippen LogP contribution is -2.56. The minimum Gasteiger partial charge on any atom is -0.508 e. The molecule has 10 nitrogen and oxygen atoms in total. The average Bonchev–Trinajstić information content (AvgIpc) is 3.38. The molecule has 2 unspecified atom stereocenters. The second-order valence-electron chi connectivity index (χ2n) is 15.7. The van der Waals surface area contributed by atoms with Gasteiger partial charge in [0.05, 0.1) is 40.1 Å². The van der Waals surface area contributed by atoms with Gasteiger partial charge in [-0.1, -0.05) is 12.0 Å². The van der Waals surface area contributed by atoms with Gasteiger partial charge in [0.1, 0.15) is 35.2 Å². The van der Waals surface area contributed by atoms with Gasteiger partial charge in [0.2, 0.25) is 0 Å². The van der Waals surface area contributed by atoms with Gasteiger partial charge in [0.15, 0.2) is 5.82 Å². The number of anilines is 1. The van der Waals surface area contributed by atoms with Crippen LogP contribution in [0.15, 0.2) is 30.5 Å². The highest BCUT2D eigenvalue weighted by Crippen LogP contribution is 2.69. The van der Waals surface area contributed by atoms with E-state index in [-0.39, 0.29) is 82.2 Å². The number of fused-ring (bicyclic) bond motifs is 5. The third kappa shape index (κ3) is 5.25. The summed E-state index contributed by atoms with van der Waals surface area (Å²) in [6.45, 7) is 5.43. The number of alkyl halides is 2. The number of aromatic nitrogens is 3. The summed E-state index contributed by atoms with van der Waals surface area (Å²) in [5.41, 5.74) is -2.03. The van der Waals surface area contributed by atoms with Crippen molar-refractivity contribution in [2.75, 3.05) is 37.7 Å². The van der Waals surface area contributed by atoms with Gasteiger partial charge in [0.25, 0.3) is 5.92 Å². The van der Waals surface area contributed by atoms with Crippen LogP contribution in [-0.2, 0) is 4.74 Å². The van der Waals surface area contributed by atoms with Crippen molar-refractivity contribution in [2.45, 2.75) is 82.0 Å². The molecule has 2 aromatic heterocycles. The van der Waals surface area contributed by atoms with Crippen molar-refractivity contribution in [3.05, 3.63) is 47.7 Å². The predicted molar refractivity (Wildman–Crippen MR) is 188 cm³/mol. The van der Waals surface area contributed by atoms with Crippen LogP contribution >= 0.6 is 0 Å². The van der Waals surface area contributed by atoms with Gasteiger partial charge in [-0.05, 0) is 76.1 Å². The van der Waals surface area contributed by atoms with Gasteiger partial charge in [-0.15, -0.1) is 6.42 Å². The first-order chi connectivity index (χ1) is 25.3. The fraction of sp³-hybridized carbons (Fsp3) is 0.487. The molecule has 4 aromatic rings. The number of hydrogen-bond acceptors (Lipinski definition) is 9. The van der Waals surface area contributed by atoms with Crippen molar-refractivity contribution in [1.82, 2.24) is 24.8 Å². The standard InChI is InChI=1S/C39H38F4N6O4/c1-4-26-29(40)9-6-22-12-25(50)13-27(30(22)26)32-31(41)33-28(14-44-32)34(47-15-23-7-8-24(16-47)49(23)36(51)53-21(2)3)46-35(45-33)52-20-38-10-5-11-48(38)19-37(17-38)18-39(37,42)43/h1,6,9,12-14,21,23-24,50H,5,7-8,10-11,15-20H2,2-3H3/t23?,24?,37-,38-/m0/s1. The first kappa shape index (κ1) is 33.9. The zero-order valence-corrected chi connectivity index (χ0v) is 29.3. The summed E-state index contributed by atoms with van der Waals surface area (Å²) in [5, 5.41) is 11.5.